The van der Waals surface area contributed by atoms with E-state index in [0.717, 1.165) is 17.9 Å². The molecular formula is C12H17ClN2S. The number of rotatable bonds is 4. The van der Waals surface area contributed by atoms with E-state index in [-0.39, 0.29) is 0 Å². The van der Waals surface area contributed by atoms with Gasteiger partial charge in [-0.1, -0.05) is 13.0 Å². The summed E-state index contributed by atoms with van der Waals surface area (Å²) in [6.45, 7) is 4.21. The lowest BCUT2D eigenvalue weighted by molar-refractivity contribution is 1.15. The van der Waals surface area contributed by atoms with Gasteiger partial charge in [0.2, 0.25) is 0 Å². The lowest BCUT2D eigenvalue weighted by atomic mass is 10.3. The molecule has 0 spiro atoms. The maximum Gasteiger partial charge on any atom is 0.117 e. The van der Waals surface area contributed by atoms with E-state index in [2.05, 4.69) is 42.4 Å². The summed E-state index contributed by atoms with van der Waals surface area (Å²) in [4.78, 5) is 6.96. The molecule has 0 bridgehead atoms. The molecular weight excluding hydrogens is 240 g/mol. The average Bonchev–Trinajstić information content (AvgIpc) is 2.63. The van der Waals surface area contributed by atoms with Gasteiger partial charge in [-0.3, -0.25) is 0 Å². The quantitative estimate of drug-likeness (QED) is 0.492. The van der Waals surface area contributed by atoms with Crippen molar-refractivity contribution in [1.82, 2.24) is 5.32 Å². The number of nitrogens with zero attached hydrogens (tertiary/aromatic N) is 1. The Morgan fingerprint density at radius 2 is 2.38 bits per heavy atom. The van der Waals surface area contributed by atoms with Crippen molar-refractivity contribution in [2.24, 2.45) is 4.99 Å². The molecule has 16 heavy (non-hydrogen) atoms. The fourth-order valence-corrected chi connectivity index (χ4v) is 2.33. The maximum absolute atomic E-state index is 5.77. The summed E-state index contributed by atoms with van der Waals surface area (Å²) < 4.78 is 0. The standard InChI is InChI=1S/C12H17ClN2S/c1-4-5-6-11-10(7-9(2)16-11)15-12(8-13)14-3/h5-7H,4,8H2,1-3H3,(H,14,15)/b6-5-. The van der Waals surface area contributed by atoms with Gasteiger partial charge in [-0.05, 0) is 25.5 Å². The molecule has 0 aromatic carbocycles. The molecule has 0 aliphatic heterocycles. The molecule has 0 aliphatic rings. The molecule has 0 aliphatic carbocycles. The van der Waals surface area contributed by atoms with Crippen LogP contribution in [0.15, 0.2) is 17.1 Å². The van der Waals surface area contributed by atoms with Crippen molar-refractivity contribution in [2.75, 3.05) is 12.9 Å². The third kappa shape index (κ3) is 3.65. The number of allylic oxidation sites excluding steroid dienone is 1. The molecule has 0 atom stereocenters. The summed E-state index contributed by atoms with van der Waals surface area (Å²) in [7, 11) is 1.84. The van der Waals surface area contributed by atoms with Gasteiger partial charge in [-0.25, -0.2) is 4.99 Å². The molecule has 0 fully saturated rings. The van der Waals surface area contributed by atoms with Gasteiger partial charge in [0.25, 0.3) is 0 Å². The zero-order valence-corrected chi connectivity index (χ0v) is 11.5. The lowest BCUT2D eigenvalue weighted by Crippen LogP contribution is -2.19. The van der Waals surface area contributed by atoms with Crippen LogP contribution in [0.2, 0.25) is 0 Å². The van der Waals surface area contributed by atoms with Crippen LogP contribution in [0.5, 0.6) is 0 Å². The predicted octanol–water partition coefficient (Wildman–Crippen LogP) is 3.97. The molecule has 0 amide bonds. The van der Waals surface area contributed by atoms with E-state index in [4.69, 9.17) is 11.6 Å². The highest BCUT2D eigenvalue weighted by Crippen LogP contribution is 2.30. The number of hydrogen-bond donors (Lipinski definition) is 1. The van der Waals surface area contributed by atoms with E-state index in [0.29, 0.717) is 5.88 Å². The van der Waals surface area contributed by atoms with Crippen LogP contribution in [0.4, 0.5) is 5.69 Å². The third-order valence-electron chi connectivity index (χ3n) is 2.04. The van der Waals surface area contributed by atoms with Crippen molar-refractivity contribution in [3.05, 3.63) is 21.9 Å². The van der Waals surface area contributed by atoms with Crippen LogP contribution in [-0.4, -0.2) is 18.8 Å². The van der Waals surface area contributed by atoms with Crippen LogP contribution in [0.1, 0.15) is 23.1 Å². The Morgan fingerprint density at radius 1 is 1.62 bits per heavy atom. The average molecular weight is 257 g/mol. The molecule has 1 N–H and O–H groups in total. The van der Waals surface area contributed by atoms with Crippen LogP contribution < -0.4 is 5.32 Å². The van der Waals surface area contributed by atoms with Gasteiger partial charge in [0.1, 0.15) is 5.84 Å². The Morgan fingerprint density at radius 3 is 2.94 bits per heavy atom. The zero-order valence-electron chi connectivity index (χ0n) is 9.88. The second kappa shape index (κ2) is 6.71. The lowest BCUT2D eigenvalue weighted by Gasteiger charge is -2.00. The second-order valence-electron chi connectivity index (χ2n) is 3.36. The molecule has 4 heteroatoms. The molecule has 1 aromatic rings. The number of aryl methyl sites for hydroxylation is 1. The number of halogens is 1. The number of hydrogen-bond acceptors (Lipinski definition) is 2. The Hall–Kier alpha value is -0.800. The van der Waals surface area contributed by atoms with E-state index in [9.17, 15) is 0 Å². The summed E-state index contributed by atoms with van der Waals surface area (Å²) in [5.41, 5.74) is 0.997. The highest BCUT2D eigenvalue weighted by molar-refractivity contribution is 7.13. The SMILES string of the molecule is CC/C=C\c1sc(C)cc1/N=C(/CCl)NC. The molecule has 2 nitrogen and oxygen atoms in total. The van der Waals surface area contributed by atoms with Crippen LogP contribution in [-0.2, 0) is 0 Å². The summed E-state index contributed by atoms with van der Waals surface area (Å²) in [5.74, 6) is 1.20. The van der Waals surface area contributed by atoms with Gasteiger partial charge in [0.15, 0.2) is 0 Å². The largest absolute Gasteiger partial charge is 0.376 e. The smallest absolute Gasteiger partial charge is 0.117 e. The van der Waals surface area contributed by atoms with E-state index < -0.39 is 0 Å². The minimum absolute atomic E-state index is 0.405. The highest BCUT2D eigenvalue weighted by atomic mass is 35.5. The van der Waals surface area contributed by atoms with Gasteiger partial charge in [0, 0.05) is 11.9 Å². The van der Waals surface area contributed by atoms with Crippen LogP contribution in [0, 0.1) is 6.92 Å². The number of thiophene rings is 1. The number of nitrogens with one attached hydrogen (secondary N) is 1. The summed E-state index contributed by atoms with van der Waals surface area (Å²) in [6.07, 6.45) is 5.30. The maximum atomic E-state index is 5.77. The van der Waals surface area contributed by atoms with Crippen molar-refractivity contribution >= 4 is 40.5 Å². The first-order valence-electron chi connectivity index (χ1n) is 5.29. The summed E-state index contributed by atoms with van der Waals surface area (Å²) >= 11 is 7.53. The van der Waals surface area contributed by atoms with Crippen molar-refractivity contribution in [3.63, 3.8) is 0 Å². The van der Waals surface area contributed by atoms with Gasteiger partial charge in [-0.2, -0.15) is 0 Å². The minimum Gasteiger partial charge on any atom is -0.376 e. The summed E-state index contributed by atoms with van der Waals surface area (Å²) in [6, 6.07) is 2.09. The van der Waals surface area contributed by atoms with Crippen LogP contribution in [0.25, 0.3) is 6.08 Å². The van der Waals surface area contributed by atoms with Gasteiger partial charge >= 0.3 is 0 Å². The van der Waals surface area contributed by atoms with Gasteiger partial charge in [-0.15, -0.1) is 22.9 Å². The third-order valence-corrected chi connectivity index (χ3v) is 3.30. The van der Waals surface area contributed by atoms with Gasteiger partial charge < -0.3 is 5.32 Å². The normalized spacial score (nSPS) is 12.4. The molecule has 1 rings (SSSR count). The van der Waals surface area contributed by atoms with Crippen LogP contribution in [0.3, 0.4) is 0 Å². The first-order chi connectivity index (χ1) is 7.71. The predicted molar refractivity (Wildman–Crippen MR) is 75.3 cm³/mol. The molecule has 0 saturated heterocycles. The van der Waals surface area contributed by atoms with Gasteiger partial charge in [0.05, 0.1) is 16.4 Å². The number of aliphatic imine (C=N–C) groups is 1. The highest BCUT2D eigenvalue weighted by Gasteiger charge is 2.04. The van der Waals surface area contributed by atoms with Crippen LogP contribution >= 0.6 is 22.9 Å². The molecule has 0 saturated carbocycles. The Bertz CT molecular complexity index is 388. The van der Waals surface area contributed by atoms with Crippen molar-refractivity contribution in [3.8, 4) is 0 Å². The zero-order chi connectivity index (χ0) is 12.0. The molecule has 0 unspecified atom stereocenters. The first kappa shape index (κ1) is 13.3. The van der Waals surface area contributed by atoms with E-state index in [1.54, 1.807) is 11.3 Å². The second-order valence-corrected chi connectivity index (χ2v) is 4.91. The first-order valence-corrected chi connectivity index (χ1v) is 6.64. The fourth-order valence-electron chi connectivity index (χ4n) is 1.25. The topological polar surface area (TPSA) is 24.4 Å². The molecule has 1 aromatic heterocycles. The Labute approximate surface area is 106 Å². The van der Waals surface area contributed by atoms with E-state index in [1.165, 1.54) is 9.75 Å². The minimum atomic E-state index is 0.405. The van der Waals surface area contributed by atoms with E-state index >= 15 is 0 Å². The molecule has 0 radical (unpaired) electrons. The van der Waals surface area contributed by atoms with E-state index in [1.807, 2.05) is 7.05 Å². The number of alkyl halides is 1. The fraction of sp³-hybridized carbons (Fsp3) is 0.417. The molecule has 88 valence electrons. The monoisotopic (exact) mass is 256 g/mol. The Kier molecular flexibility index (Phi) is 5.56. The number of amidine groups is 1. The molecule has 1 heterocycles. The van der Waals surface area contributed by atoms with Crippen molar-refractivity contribution < 1.29 is 0 Å². The van der Waals surface area contributed by atoms with Crippen molar-refractivity contribution in [1.29, 1.82) is 0 Å². The summed E-state index contributed by atoms with van der Waals surface area (Å²) in [5, 5.41) is 2.99. The Balaban J connectivity index is 3.02. The van der Waals surface area contributed by atoms with Crippen molar-refractivity contribution in [2.45, 2.75) is 20.3 Å².